The standard InChI is InChI=1S/C19H12Cl4O5S/c20-12-5-11(6-13(21)7-12)19(29(26,27)28,10-1-3-15(24)4-2-10)16-8-14(22)9-17(25)18(16)23/h1-9,24-25H,(H,26,27,28). The zero-order chi connectivity index (χ0) is 21.6. The van der Waals surface area contributed by atoms with Crippen LogP contribution in [-0.2, 0) is 14.9 Å². The quantitative estimate of drug-likeness (QED) is 0.311. The molecule has 5 nitrogen and oxygen atoms in total. The molecule has 3 aromatic carbocycles. The molecule has 0 aliphatic carbocycles. The van der Waals surface area contributed by atoms with E-state index in [0.717, 1.165) is 6.07 Å². The van der Waals surface area contributed by atoms with Gasteiger partial charge in [0, 0.05) is 26.7 Å². The summed E-state index contributed by atoms with van der Waals surface area (Å²) in [7, 11) is -5.04. The number of halogens is 4. The van der Waals surface area contributed by atoms with Crippen LogP contribution in [0.5, 0.6) is 11.5 Å². The van der Waals surface area contributed by atoms with Crippen LogP contribution >= 0.6 is 46.4 Å². The summed E-state index contributed by atoms with van der Waals surface area (Å²) in [6, 6.07) is 11.3. The van der Waals surface area contributed by atoms with Crippen LogP contribution in [0.3, 0.4) is 0 Å². The minimum absolute atomic E-state index is 0.000278. The van der Waals surface area contributed by atoms with Crippen molar-refractivity contribution in [2.75, 3.05) is 0 Å². The number of rotatable bonds is 4. The molecule has 0 fully saturated rings. The average molecular weight is 494 g/mol. The first-order valence-corrected chi connectivity index (χ1v) is 10.8. The zero-order valence-corrected chi connectivity index (χ0v) is 18.1. The highest BCUT2D eigenvalue weighted by Crippen LogP contribution is 2.50. The van der Waals surface area contributed by atoms with Crippen molar-refractivity contribution in [2.24, 2.45) is 0 Å². The molecule has 0 saturated heterocycles. The lowest BCUT2D eigenvalue weighted by Crippen LogP contribution is -2.38. The van der Waals surface area contributed by atoms with Gasteiger partial charge < -0.3 is 10.2 Å². The Bertz CT molecular complexity index is 1180. The second-order valence-corrected chi connectivity index (χ2v) is 9.40. The monoisotopic (exact) mass is 492 g/mol. The number of aromatic hydroxyl groups is 2. The summed E-state index contributed by atoms with van der Waals surface area (Å²) in [6.07, 6.45) is 0. The maximum Gasteiger partial charge on any atom is 0.283 e. The van der Waals surface area contributed by atoms with E-state index in [1.54, 1.807) is 0 Å². The molecule has 3 rings (SSSR count). The Hall–Kier alpha value is -1.67. The fourth-order valence-corrected chi connectivity index (χ4v) is 5.53. The molecular formula is C19H12Cl4O5S. The van der Waals surface area contributed by atoms with Gasteiger partial charge in [-0.1, -0.05) is 58.5 Å². The largest absolute Gasteiger partial charge is 0.508 e. The number of benzene rings is 3. The van der Waals surface area contributed by atoms with Crippen LogP contribution in [0, 0.1) is 0 Å². The summed E-state index contributed by atoms with van der Waals surface area (Å²) in [6.45, 7) is 0. The highest BCUT2D eigenvalue weighted by molar-refractivity contribution is 7.87. The van der Waals surface area contributed by atoms with Gasteiger partial charge in [-0.15, -0.1) is 0 Å². The minimum Gasteiger partial charge on any atom is -0.508 e. The van der Waals surface area contributed by atoms with E-state index >= 15 is 0 Å². The van der Waals surface area contributed by atoms with Crippen molar-refractivity contribution >= 4 is 56.5 Å². The lowest BCUT2D eigenvalue weighted by atomic mass is 9.83. The van der Waals surface area contributed by atoms with E-state index in [1.807, 2.05) is 0 Å². The predicted octanol–water partition coefficient (Wildman–Crippen LogP) is 5.89. The smallest absolute Gasteiger partial charge is 0.283 e. The van der Waals surface area contributed by atoms with Crippen LogP contribution < -0.4 is 0 Å². The molecule has 3 aromatic rings. The Kier molecular flexibility index (Phi) is 5.98. The van der Waals surface area contributed by atoms with E-state index in [9.17, 15) is 23.2 Å². The van der Waals surface area contributed by atoms with Crippen LogP contribution in [0.25, 0.3) is 0 Å². The van der Waals surface area contributed by atoms with Crippen molar-refractivity contribution in [1.82, 2.24) is 0 Å². The van der Waals surface area contributed by atoms with Gasteiger partial charge >= 0.3 is 0 Å². The molecule has 0 spiro atoms. The molecule has 0 heterocycles. The van der Waals surface area contributed by atoms with Crippen LogP contribution in [-0.4, -0.2) is 23.2 Å². The molecule has 0 aromatic heterocycles. The summed E-state index contributed by atoms with van der Waals surface area (Å²) in [5, 5.41) is 19.6. The maximum atomic E-state index is 13.0. The molecular weight excluding hydrogens is 482 g/mol. The number of hydrogen-bond donors (Lipinski definition) is 3. The third-order valence-electron chi connectivity index (χ3n) is 4.33. The summed E-state index contributed by atoms with van der Waals surface area (Å²) in [5.74, 6) is -0.628. The molecule has 152 valence electrons. The average Bonchev–Trinajstić information content (AvgIpc) is 2.59. The third kappa shape index (κ3) is 3.89. The Morgan fingerprint density at radius 3 is 1.76 bits per heavy atom. The van der Waals surface area contributed by atoms with Gasteiger partial charge in [0.25, 0.3) is 10.1 Å². The van der Waals surface area contributed by atoms with Crippen LogP contribution in [0.2, 0.25) is 20.1 Å². The maximum absolute atomic E-state index is 13.0. The summed E-state index contributed by atoms with van der Waals surface area (Å²) in [4.78, 5) is 0. The second-order valence-electron chi connectivity index (χ2n) is 6.15. The Morgan fingerprint density at radius 2 is 1.24 bits per heavy atom. The van der Waals surface area contributed by atoms with Crippen molar-refractivity contribution < 1.29 is 23.2 Å². The van der Waals surface area contributed by atoms with Crippen LogP contribution in [0.1, 0.15) is 16.7 Å². The zero-order valence-electron chi connectivity index (χ0n) is 14.3. The number of phenols is 2. The topological polar surface area (TPSA) is 94.8 Å². The highest BCUT2D eigenvalue weighted by Gasteiger charge is 2.50. The van der Waals surface area contributed by atoms with Gasteiger partial charge in [0.05, 0.1) is 5.02 Å². The van der Waals surface area contributed by atoms with E-state index in [2.05, 4.69) is 0 Å². The molecule has 0 aliphatic rings. The Balaban J connectivity index is 2.60. The van der Waals surface area contributed by atoms with Gasteiger partial charge in [-0.05, 0) is 47.5 Å². The first kappa shape index (κ1) is 22.0. The van der Waals surface area contributed by atoms with Crippen molar-refractivity contribution in [1.29, 1.82) is 0 Å². The van der Waals surface area contributed by atoms with E-state index in [0.29, 0.717) is 0 Å². The van der Waals surface area contributed by atoms with Crippen molar-refractivity contribution in [3.63, 3.8) is 0 Å². The molecule has 0 saturated carbocycles. The molecule has 0 amide bonds. The fraction of sp³-hybridized carbons (Fsp3) is 0.0526. The summed E-state index contributed by atoms with van der Waals surface area (Å²) < 4.78 is 34.0. The molecule has 29 heavy (non-hydrogen) atoms. The summed E-state index contributed by atoms with van der Waals surface area (Å²) >= 11 is 24.5. The van der Waals surface area contributed by atoms with Gasteiger partial charge in [0.15, 0.2) is 4.75 Å². The van der Waals surface area contributed by atoms with Crippen LogP contribution in [0.15, 0.2) is 54.6 Å². The van der Waals surface area contributed by atoms with Crippen LogP contribution in [0.4, 0.5) is 0 Å². The molecule has 0 aliphatic heterocycles. The molecule has 0 radical (unpaired) electrons. The van der Waals surface area contributed by atoms with E-state index in [-0.39, 0.29) is 42.5 Å². The fourth-order valence-electron chi connectivity index (χ4n) is 3.20. The SMILES string of the molecule is O=S(=O)(O)C(c1ccc(O)cc1)(c1cc(Cl)cc(Cl)c1)c1cc(Cl)cc(O)c1Cl. The lowest BCUT2D eigenvalue weighted by molar-refractivity contribution is 0.455. The van der Waals surface area contributed by atoms with Crippen molar-refractivity contribution in [3.05, 3.63) is 91.4 Å². The second kappa shape index (κ2) is 7.87. The van der Waals surface area contributed by atoms with Gasteiger partial charge in [0.2, 0.25) is 0 Å². The molecule has 10 heteroatoms. The van der Waals surface area contributed by atoms with Gasteiger partial charge in [0.1, 0.15) is 11.5 Å². The van der Waals surface area contributed by atoms with E-state index in [4.69, 9.17) is 46.4 Å². The van der Waals surface area contributed by atoms with Crippen molar-refractivity contribution in [3.8, 4) is 11.5 Å². The number of hydrogen-bond acceptors (Lipinski definition) is 4. The predicted molar refractivity (Wildman–Crippen MR) is 114 cm³/mol. The van der Waals surface area contributed by atoms with E-state index in [1.165, 1.54) is 48.5 Å². The van der Waals surface area contributed by atoms with E-state index < -0.39 is 20.6 Å². The molecule has 0 bridgehead atoms. The van der Waals surface area contributed by atoms with Gasteiger partial charge in [-0.25, -0.2) is 0 Å². The van der Waals surface area contributed by atoms with Gasteiger partial charge in [-0.3, -0.25) is 4.55 Å². The molecule has 1 unspecified atom stereocenters. The van der Waals surface area contributed by atoms with Gasteiger partial charge in [-0.2, -0.15) is 8.42 Å². The number of phenolic OH excluding ortho intramolecular Hbond substituents is 2. The minimum atomic E-state index is -5.04. The molecule has 3 N–H and O–H groups in total. The first-order chi connectivity index (χ1) is 13.5. The Labute approximate surface area is 186 Å². The van der Waals surface area contributed by atoms with Crippen molar-refractivity contribution in [2.45, 2.75) is 4.75 Å². The first-order valence-electron chi connectivity index (χ1n) is 7.88. The highest BCUT2D eigenvalue weighted by atomic mass is 35.5. The third-order valence-corrected chi connectivity index (χ3v) is 6.84. The Morgan fingerprint density at radius 1 is 0.724 bits per heavy atom. The molecule has 1 atom stereocenters. The lowest BCUT2D eigenvalue weighted by Gasteiger charge is -2.33. The summed E-state index contributed by atoms with van der Waals surface area (Å²) in [5.41, 5.74) is -0.276. The normalized spacial score (nSPS) is 13.8.